The molecule has 0 heterocycles. The van der Waals surface area contributed by atoms with Gasteiger partial charge in [-0.25, -0.2) is 0 Å². The lowest BCUT2D eigenvalue weighted by atomic mass is 10.1. The van der Waals surface area contributed by atoms with Crippen LogP contribution in [-0.4, -0.2) is 24.1 Å². The Kier molecular flexibility index (Phi) is 6.86. The summed E-state index contributed by atoms with van der Waals surface area (Å²) < 4.78 is 0. The number of rotatable bonds is 6. The highest BCUT2D eigenvalue weighted by atomic mass is 35.5. The largest absolute Gasteiger partial charge is 0.507 e. The molecular weight excluding hydrogens is 362 g/mol. The molecule has 6 heteroatoms. The topological polar surface area (TPSA) is 76.4 Å². The molecule has 0 aliphatic rings. The Bertz CT molecular complexity index is 912. The second-order valence-electron chi connectivity index (χ2n) is 6.00. The molecular formula is C21H22ClN3O2. The monoisotopic (exact) mass is 383 g/mol. The van der Waals surface area contributed by atoms with E-state index in [1.165, 1.54) is 6.08 Å². The zero-order valence-corrected chi connectivity index (χ0v) is 16.3. The number of hydrogen-bond acceptors (Lipinski definition) is 4. The molecule has 0 fully saturated rings. The van der Waals surface area contributed by atoms with Gasteiger partial charge in [-0.1, -0.05) is 17.7 Å². The molecule has 0 radical (unpaired) electrons. The number of amides is 1. The Balaban J connectivity index is 2.25. The van der Waals surface area contributed by atoms with Gasteiger partial charge in [-0.2, -0.15) is 5.26 Å². The van der Waals surface area contributed by atoms with E-state index in [0.29, 0.717) is 16.3 Å². The molecule has 0 unspecified atom stereocenters. The Labute approximate surface area is 164 Å². The third-order valence-electron chi connectivity index (χ3n) is 4.24. The first kappa shape index (κ1) is 20.3. The maximum Gasteiger partial charge on any atom is 0.266 e. The van der Waals surface area contributed by atoms with Gasteiger partial charge in [0.15, 0.2) is 0 Å². The van der Waals surface area contributed by atoms with Crippen molar-refractivity contribution in [2.24, 2.45) is 0 Å². The maximum absolute atomic E-state index is 12.4. The van der Waals surface area contributed by atoms with Crippen molar-refractivity contribution in [3.8, 4) is 11.8 Å². The standard InChI is InChI=1S/C21H22ClN3O2/c1-4-25(5-2)18-9-7-15(20(26)12-18)10-16(13-23)21(27)24-17-8-6-14(3)19(22)11-17/h6-12,26H,4-5H2,1-3H3,(H,24,27)/b16-10-. The predicted octanol–water partition coefficient (Wildman–Crippen LogP) is 4.75. The van der Waals surface area contributed by atoms with Crippen LogP contribution in [-0.2, 0) is 4.79 Å². The number of nitrogens with one attached hydrogen (secondary N) is 1. The molecule has 0 atom stereocenters. The van der Waals surface area contributed by atoms with Crippen molar-refractivity contribution in [1.29, 1.82) is 5.26 Å². The number of phenols is 1. The number of carbonyl (C=O) groups is 1. The molecule has 5 nitrogen and oxygen atoms in total. The lowest BCUT2D eigenvalue weighted by Crippen LogP contribution is -2.21. The zero-order valence-electron chi connectivity index (χ0n) is 15.6. The minimum absolute atomic E-state index is 0.0123. The van der Waals surface area contributed by atoms with Crippen LogP contribution >= 0.6 is 11.6 Å². The SMILES string of the molecule is CCN(CC)c1ccc(/C=C(/C#N)C(=O)Nc2ccc(C)c(Cl)c2)c(O)c1. The number of nitriles is 1. The van der Waals surface area contributed by atoms with Crippen LogP contribution in [0.1, 0.15) is 25.0 Å². The third kappa shape index (κ3) is 5.02. The van der Waals surface area contributed by atoms with Crippen LogP contribution in [0.3, 0.4) is 0 Å². The Morgan fingerprint density at radius 2 is 1.96 bits per heavy atom. The lowest BCUT2D eigenvalue weighted by Gasteiger charge is -2.21. The van der Waals surface area contributed by atoms with E-state index in [-0.39, 0.29) is 11.3 Å². The zero-order chi connectivity index (χ0) is 20.0. The fourth-order valence-corrected chi connectivity index (χ4v) is 2.79. The highest BCUT2D eigenvalue weighted by Gasteiger charge is 2.12. The summed E-state index contributed by atoms with van der Waals surface area (Å²) in [6, 6.07) is 12.2. The van der Waals surface area contributed by atoms with E-state index in [2.05, 4.69) is 10.2 Å². The number of aryl methyl sites for hydroxylation is 1. The van der Waals surface area contributed by atoms with Gasteiger partial charge in [0.05, 0.1) is 0 Å². The third-order valence-corrected chi connectivity index (χ3v) is 4.64. The van der Waals surface area contributed by atoms with Gasteiger partial charge in [0.2, 0.25) is 0 Å². The van der Waals surface area contributed by atoms with Gasteiger partial charge < -0.3 is 15.3 Å². The quantitative estimate of drug-likeness (QED) is 0.557. The smallest absolute Gasteiger partial charge is 0.266 e. The van der Waals surface area contributed by atoms with Crippen molar-refractivity contribution < 1.29 is 9.90 Å². The van der Waals surface area contributed by atoms with E-state index >= 15 is 0 Å². The van der Waals surface area contributed by atoms with E-state index in [9.17, 15) is 15.2 Å². The summed E-state index contributed by atoms with van der Waals surface area (Å²) in [6.07, 6.45) is 1.37. The van der Waals surface area contributed by atoms with Crippen LogP contribution in [0, 0.1) is 18.3 Å². The molecule has 0 saturated heterocycles. The summed E-state index contributed by atoms with van der Waals surface area (Å²) in [6.45, 7) is 7.55. The minimum Gasteiger partial charge on any atom is -0.507 e. The molecule has 2 rings (SSSR count). The van der Waals surface area contributed by atoms with Gasteiger partial charge in [-0.3, -0.25) is 4.79 Å². The first-order chi connectivity index (χ1) is 12.9. The molecule has 1 amide bonds. The van der Waals surface area contributed by atoms with Crippen molar-refractivity contribution in [3.63, 3.8) is 0 Å². The number of anilines is 2. The number of nitrogens with zero attached hydrogens (tertiary/aromatic N) is 2. The van der Waals surface area contributed by atoms with E-state index < -0.39 is 5.91 Å². The first-order valence-electron chi connectivity index (χ1n) is 8.66. The van der Waals surface area contributed by atoms with Crippen molar-refractivity contribution in [2.75, 3.05) is 23.3 Å². The molecule has 0 saturated carbocycles. The summed E-state index contributed by atoms with van der Waals surface area (Å²) in [7, 11) is 0. The average Bonchev–Trinajstić information content (AvgIpc) is 2.65. The molecule has 0 bridgehead atoms. The number of aromatic hydroxyl groups is 1. The number of carbonyl (C=O) groups excluding carboxylic acids is 1. The van der Waals surface area contributed by atoms with Crippen LogP contribution in [0.25, 0.3) is 6.08 Å². The van der Waals surface area contributed by atoms with E-state index in [1.54, 1.807) is 30.3 Å². The summed E-state index contributed by atoms with van der Waals surface area (Å²) in [5.41, 5.74) is 2.56. The molecule has 2 N–H and O–H groups in total. The van der Waals surface area contributed by atoms with Gasteiger partial charge in [-0.15, -0.1) is 0 Å². The van der Waals surface area contributed by atoms with Crippen molar-refractivity contribution in [2.45, 2.75) is 20.8 Å². The molecule has 0 aliphatic heterocycles. The van der Waals surface area contributed by atoms with Gasteiger partial charge in [0.25, 0.3) is 5.91 Å². The van der Waals surface area contributed by atoms with Crippen LogP contribution in [0.15, 0.2) is 42.0 Å². The maximum atomic E-state index is 12.4. The number of halogens is 1. The molecule has 2 aromatic carbocycles. The number of phenolic OH excluding ortho intramolecular Hbond substituents is 1. The summed E-state index contributed by atoms with van der Waals surface area (Å²) in [5, 5.41) is 22.8. The van der Waals surface area contributed by atoms with Crippen molar-refractivity contribution in [1.82, 2.24) is 0 Å². The van der Waals surface area contributed by atoms with Crippen molar-refractivity contribution >= 4 is 35.0 Å². The number of benzene rings is 2. The van der Waals surface area contributed by atoms with Crippen LogP contribution in [0.4, 0.5) is 11.4 Å². The summed E-state index contributed by atoms with van der Waals surface area (Å²) in [4.78, 5) is 14.5. The summed E-state index contributed by atoms with van der Waals surface area (Å²) >= 11 is 6.06. The molecule has 0 aromatic heterocycles. The van der Waals surface area contributed by atoms with Gasteiger partial charge in [0.1, 0.15) is 17.4 Å². The second kappa shape index (κ2) is 9.11. The Morgan fingerprint density at radius 1 is 1.26 bits per heavy atom. The van der Waals surface area contributed by atoms with E-state index in [0.717, 1.165) is 24.3 Å². The molecule has 0 aliphatic carbocycles. The van der Waals surface area contributed by atoms with Crippen LogP contribution in [0.2, 0.25) is 5.02 Å². The Morgan fingerprint density at radius 3 is 2.52 bits per heavy atom. The second-order valence-corrected chi connectivity index (χ2v) is 6.41. The molecule has 2 aromatic rings. The number of hydrogen-bond donors (Lipinski definition) is 2. The predicted molar refractivity (Wildman–Crippen MR) is 110 cm³/mol. The van der Waals surface area contributed by atoms with Gasteiger partial charge >= 0.3 is 0 Å². The van der Waals surface area contributed by atoms with E-state index in [1.807, 2.05) is 32.9 Å². The Hall–Kier alpha value is -2.97. The van der Waals surface area contributed by atoms with Crippen LogP contribution in [0.5, 0.6) is 5.75 Å². The van der Waals surface area contributed by atoms with E-state index in [4.69, 9.17) is 11.6 Å². The molecule has 140 valence electrons. The normalized spacial score (nSPS) is 11.0. The average molecular weight is 384 g/mol. The fraction of sp³-hybridized carbons (Fsp3) is 0.238. The minimum atomic E-state index is -0.565. The highest BCUT2D eigenvalue weighted by Crippen LogP contribution is 2.27. The molecule has 27 heavy (non-hydrogen) atoms. The fourth-order valence-electron chi connectivity index (χ4n) is 2.61. The lowest BCUT2D eigenvalue weighted by molar-refractivity contribution is -0.112. The van der Waals surface area contributed by atoms with Crippen LogP contribution < -0.4 is 10.2 Å². The van der Waals surface area contributed by atoms with Crippen molar-refractivity contribution in [3.05, 3.63) is 58.1 Å². The molecule has 0 spiro atoms. The highest BCUT2D eigenvalue weighted by molar-refractivity contribution is 6.31. The first-order valence-corrected chi connectivity index (χ1v) is 9.04. The van der Waals surface area contributed by atoms with Gasteiger partial charge in [-0.05, 0) is 56.7 Å². The summed E-state index contributed by atoms with van der Waals surface area (Å²) in [5.74, 6) is -0.553. The van der Waals surface area contributed by atoms with Gasteiger partial charge in [0, 0.05) is 41.1 Å².